The minimum Gasteiger partial charge on any atom is -0.493 e. The van der Waals surface area contributed by atoms with Gasteiger partial charge in [0.1, 0.15) is 11.9 Å². The minimum absolute atomic E-state index is 0.232. The van der Waals surface area contributed by atoms with Crippen LogP contribution in [0.15, 0.2) is 24.3 Å². The number of fused-ring (bicyclic) bond motifs is 1. The van der Waals surface area contributed by atoms with Crippen LogP contribution in [0.1, 0.15) is 44.4 Å². The molecule has 1 aliphatic rings. The third-order valence-corrected chi connectivity index (χ3v) is 4.20. The summed E-state index contributed by atoms with van der Waals surface area (Å²) in [7, 11) is 3.18. The highest BCUT2D eigenvalue weighted by atomic mass is 16.6. The molecule has 0 aliphatic carbocycles. The molecule has 0 fully saturated rings. The molecule has 0 N–H and O–H groups in total. The van der Waals surface area contributed by atoms with Crippen molar-refractivity contribution in [2.45, 2.75) is 45.3 Å². The van der Waals surface area contributed by atoms with Crippen LogP contribution in [0, 0.1) is 0 Å². The molecule has 0 bridgehead atoms. The highest BCUT2D eigenvalue weighted by molar-refractivity contribution is 5.70. The Kier molecular flexibility index (Phi) is 6.29. The number of hydrogen-bond acceptors (Lipinski definition) is 5. The first-order valence-corrected chi connectivity index (χ1v) is 8.65. The van der Waals surface area contributed by atoms with Gasteiger partial charge < -0.3 is 19.1 Å². The van der Waals surface area contributed by atoms with Gasteiger partial charge >= 0.3 is 6.09 Å². The molecule has 0 radical (unpaired) electrons. The van der Waals surface area contributed by atoms with Crippen molar-refractivity contribution in [1.82, 2.24) is 4.90 Å². The fraction of sp³-hybridized carbons (Fsp3) is 0.500. The quantitative estimate of drug-likeness (QED) is 0.591. The second kappa shape index (κ2) is 8.25. The third-order valence-electron chi connectivity index (χ3n) is 4.20. The normalized spacial score (nSPS) is 17.0. The Morgan fingerprint density at radius 2 is 1.88 bits per heavy atom. The van der Waals surface area contributed by atoms with Crippen LogP contribution in [0.25, 0.3) is 0 Å². The number of rotatable bonds is 5. The van der Waals surface area contributed by atoms with Crippen molar-refractivity contribution in [1.29, 1.82) is 0 Å². The standard InChI is InChI=1S/C20H27NO5/c1-20(2,3)26-19(23)21-10-9-14-12-17(24-4)18(25-5)13-15(14)16(21)8-6-7-11-22/h6-7,11-13,16H,8-10H2,1-5H3/b7-6+. The number of allylic oxidation sites excluding steroid dienone is 1. The maximum absolute atomic E-state index is 12.7. The molecule has 1 atom stereocenters. The summed E-state index contributed by atoms with van der Waals surface area (Å²) in [6, 6.07) is 3.63. The van der Waals surface area contributed by atoms with E-state index >= 15 is 0 Å². The van der Waals surface area contributed by atoms with Gasteiger partial charge in [-0.05, 0) is 62.9 Å². The van der Waals surface area contributed by atoms with Gasteiger partial charge in [0.2, 0.25) is 0 Å². The molecule has 0 aromatic heterocycles. The maximum atomic E-state index is 12.7. The molecule has 6 nitrogen and oxygen atoms in total. The van der Waals surface area contributed by atoms with E-state index in [4.69, 9.17) is 14.2 Å². The zero-order valence-corrected chi connectivity index (χ0v) is 16.1. The molecular weight excluding hydrogens is 334 g/mol. The lowest BCUT2D eigenvalue weighted by Gasteiger charge is -2.38. The minimum atomic E-state index is -0.571. The monoisotopic (exact) mass is 361 g/mol. The molecule has 6 heteroatoms. The Hall–Kier alpha value is -2.50. The summed E-state index contributed by atoms with van der Waals surface area (Å²) in [6.45, 7) is 6.07. The number of carbonyl (C=O) groups excluding carboxylic acids is 2. The van der Waals surface area contributed by atoms with E-state index in [1.807, 2.05) is 32.9 Å². The second-order valence-electron chi connectivity index (χ2n) is 7.15. The van der Waals surface area contributed by atoms with Crippen LogP contribution in [0.4, 0.5) is 4.79 Å². The summed E-state index contributed by atoms with van der Waals surface area (Å²) in [5, 5.41) is 0. The average Bonchev–Trinajstić information content (AvgIpc) is 2.59. The first kappa shape index (κ1) is 19.8. The van der Waals surface area contributed by atoms with Crippen molar-refractivity contribution in [2.75, 3.05) is 20.8 Å². The van der Waals surface area contributed by atoms with Crippen molar-refractivity contribution in [3.63, 3.8) is 0 Å². The van der Waals surface area contributed by atoms with Crippen molar-refractivity contribution in [3.8, 4) is 11.5 Å². The van der Waals surface area contributed by atoms with Crippen LogP contribution < -0.4 is 9.47 Å². The summed E-state index contributed by atoms with van der Waals surface area (Å²) in [4.78, 5) is 25.1. The fourth-order valence-electron chi connectivity index (χ4n) is 3.08. The fourth-order valence-corrected chi connectivity index (χ4v) is 3.08. The van der Waals surface area contributed by atoms with E-state index in [0.29, 0.717) is 30.9 Å². The van der Waals surface area contributed by atoms with E-state index in [1.165, 1.54) is 6.08 Å². The highest BCUT2D eigenvalue weighted by Crippen LogP contribution is 2.40. The summed E-state index contributed by atoms with van der Waals surface area (Å²) < 4.78 is 16.4. The zero-order valence-electron chi connectivity index (χ0n) is 16.1. The average molecular weight is 361 g/mol. The number of hydrogen-bond donors (Lipinski definition) is 0. The van der Waals surface area contributed by atoms with Gasteiger partial charge in [-0.15, -0.1) is 0 Å². The second-order valence-corrected chi connectivity index (χ2v) is 7.15. The van der Waals surface area contributed by atoms with Crippen LogP contribution in [0.3, 0.4) is 0 Å². The van der Waals surface area contributed by atoms with Crippen molar-refractivity contribution in [2.24, 2.45) is 0 Å². The maximum Gasteiger partial charge on any atom is 0.410 e. The first-order valence-electron chi connectivity index (χ1n) is 8.65. The number of amides is 1. The van der Waals surface area contributed by atoms with Gasteiger partial charge in [-0.25, -0.2) is 4.79 Å². The van der Waals surface area contributed by atoms with Crippen molar-refractivity contribution < 1.29 is 23.8 Å². The topological polar surface area (TPSA) is 65.1 Å². The molecule has 1 aromatic rings. The molecular formula is C20H27NO5. The van der Waals surface area contributed by atoms with Crippen molar-refractivity contribution in [3.05, 3.63) is 35.4 Å². The van der Waals surface area contributed by atoms with Gasteiger partial charge in [-0.3, -0.25) is 4.79 Å². The molecule has 26 heavy (non-hydrogen) atoms. The van der Waals surface area contributed by atoms with Gasteiger partial charge in [0, 0.05) is 6.54 Å². The van der Waals surface area contributed by atoms with Crippen LogP contribution >= 0.6 is 0 Å². The smallest absolute Gasteiger partial charge is 0.410 e. The summed E-state index contributed by atoms with van der Waals surface area (Å²) in [5.74, 6) is 1.28. The molecule has 1 heterocycles. The zero-order chi connectivity index (χ0) is 19.3. The van der Waals surface area contributed by atoms with E-state index in [9.17, 15) is 9.59 Å². The predicted molar refractivity (Wildman–Crippen MR) is 98.8 cm³/mol. The van der Waals surface area contributed by atoms with Crippen LogP contribution in [0.5, 0.6) is 11.5 Å². The summed E-state index contributed by atoms with van der Waals surface area (Å²) in [5.41, 5.74) is 1.51. The van der Waals surface area contributed by atoms with Crippen LogP contribution in [-0.4, -0.2) is 43.6 Å². The van der Waals surface area contributed by atoms with E-state index < -0.39 is 5.60 Å². The lowest BCUT2D eigenvalue weighted by atomic mass is 9.90. The SMILES string of the molecule is COc1cc2c(cc1OC)C(C/C=C/C=O)N(C(=O)OC(C)(C)C)CC2. The Labute approximate surface area is 154 Å². The molecule has 1 unspecified atom stereocenters. The molecule has 1 aliphatic heterocycles. The highest BCUT2D eigenvalue weighted by Gasteiger charge is 2.34. The van der Waals surface area contributed by atoms with Gasteiger partial charge in [0.05, 0.1) is 20.3 Å². The van der Waals surface area contributed by atoms with Crippen LogP contribution in [-0.2, 0) is 16.0 Å². The Bertz CT molecular complexity index is 690. The number of carbonyl (C=O) groups is 2. The lowest BCUT2D eigenvalue weighted by molar-refractivity contribution is -0.104. The molecule has 2 rings (SSSR count). The molecule has 0 saturated carbocycles. The number of nitrogens with zero attached hydrogens (tertiary/aromatic N) is 1. The summed E-state index contributed by atoms with van der Waals surface area (Å²) >= 11 is 0. The number of aldehydes is 1. The van der Waals surface area contributed by atoms with Gasteiger partial charge in [0.25, 0.3) is 0 Å². The Morgan fingerprint density at radius 1 is 1.23 bits per heavy atom. The Morgan fingerprint density at radius 3 is 2.46 bits per heavy atom. The molecule has 0 spiro atoms. The Balaban J connectivity index is 2.42. The number of methoxy groups -OCH3 is 2. The molecule has 0 saturated heterocycles. The van der Waals surface area contributed by atoms with E-state index in [0.717, 1.165) is 17.4 Å². The summed E-state index contributed by atoms with van der Waals surface area (Å²) in [6.07, 6.45) is 4.80. The van der Waals surface area contributed by atoms with Gasteiger partial charge in [-0.2, -0.15) is 0 Å². The van der Waals surface area contributed by atoms with E-state index in [-0.39, 0.29) is 12.1 Å². The molecule has 1 amide bonds. The van der Waals surface area contributed by atoms with E-state index in [1.54, 1.807) is 25.2 Å². The number of ether oxygens (including phenoxy) is 3. The van der Waals surface area contributed by atoms with E-state index in [2.05, 4.69) is 0 Å². The third kappa shape index (κ3) is 4.56. The van der Waals surface area contributed by atoms with Gasteiger partial charge in [-0.1, -0.05) is 6.08 Å². The lowest BCUT2D eigenvalue weighted by Crippen LogP contribution is -2.43. The molecule has 1 aromatic carbocycles. The van der Waals surface area contributed by atoms with Gasteiger partial charge in [0.15, 0.2) is 11.5 Å². The predicted octanol–water partition coefficient (Wildman–Crippen LogP) is 3.68. The van der Waals surface area contributed by atoms with Crippen molar-refractivity contribution >= 4 is 12.4 Å². The largest absolute Gasteiger partial charge is 0.493 e. The molecule has 142 valence electrons. The van der Waals surface area contributed by atoms with Crippen LogP contribution in [0.2, 0.25) is 0 Å². The number of benzene rings is 1. The first-order chi connectivity index (χ1) is 12.3.